The van der Waals surface area contributed by atoms with E-state index in [9.17, 15) is 0 Å². The first-order valence-electron chi connectivity index (χ1n) is 39.2. The van der Waals surface area contributed by atoms with Gasteiger partial charge in [0.25, 0.3) is 6.71 Å². The van der Waals surface area contributed by atoms with Gasteiger partial charge in [0.1, 0.15) is 5.58 Å². The van der Waals surface area contributed by atoms with Crippen LogP contribution < -0.4 is 26.2 Å². The Labute approximate surface area is 652 Å². The lowest BCUT2D eigenvalue weighted by Crippen LogP contribution is -2.61. The van der Waals surface area contributed by atoms with E-state index < -0.39 is 0 Å². The molecule has 5 heterocycles. The fourth-order valence-electron chi connectivity index (χ4n) is 17.5. The van der Waals surface area contributed by atoms with E-state index in [0.29, 0.717) is 0 Å². The molecule has 6 heteroatoms. The van der Waals surface area contributed by atoms with Crippen molar-refractivity contribution < 1.29 is 4.42 Å². The summed E-state index contributed by atoms with van der Waals surface area (Å²) in [5, 5.41) is 7.17. The minimum absolute atomic E-state index is 0.0554. The Hall–Kier alpha value is -11.4. The van der Waals surface area contributed by atoms with Gasteiger partial charge in [0.2, 0.25) is 0 Å². The molecule has 0 fully saturated rings. The second-order valence-corrected chi connectivity index (χ2v) is 37.2. The van der Waals surface area contributed by atoms with Crippen molar-refractivity contribution in [1.29, 1.82) is 0 Å². The molecule has 0 saturated carbocycles. The normalized spacial score (nSPS) is 13.4. The van der Waals surface area contributed by atoms with Crippen LogP contribution in [0.1, 0.15) is 132 Å². The SMILES string of the molecule is CC(C)(C)c1cc(-c2ccc3c(c2)B2c4ccc(-n5c6ccc(C(C)(C)C)cc6c6cc(C(C)(C)C)ccc65)cc4N(c4cccc5c4oc4c(-c6ccc(-c7ccccc7)cc6)cccc45)c4cc(C(C)(C)C)cc(c42)N3c2cccc3c2sc2c(-c4cccc(-c5ccccc5)c4)cccc23)cc(C(C)(C)C)c1. The highest BCUT2D eigenvalue weighted by Gasteiger charge is 2.46. The van der Waals surface area contributed by atoms with Gasteiger partial charge in [0.15, 0.2) is 5.58 Å². The molecule has 0 spiro atoms. The molecule has 0 N–H and O–H groups in total. The molecule has 0 radical (unpaired) electrons. The van der Waals surface area contributed by atoms with Gasteiger partial charge in [-0.15, -0.1) is 11.3 Å². The second-order valence-electron chi connectivity index (χ2n) is 36.2. The number of para-hydroxylation sites is 2. The molecule has 0 bridgehead atoms. The third-order valence-corrected chi connectivity index (χ3v) is 25.0. The molecule has 0 aliphatic carbocycles. The molecule has 2 aliphatic heterocycles. The molecule has 17 aromatic rings. The molecule has 0 saturated heterocycles. The van der Waals surface area contributed by atoms with Crippen LogP contribution in [0.4, 0.5) is 34.1 Å². The highest BCUT2D eigenvalue weighted by atomic mass is 32.1. The Morgan fingerprint density at radius 1 is 0.264 bits per heavy atom. The van der Waals surface area contributed by atoms with Crippen molar-refractivity contribution in [3.05, 3.63) is 313 Å². The van der Waals surface area contributed by atoms with Crippen molar-refractivity contribution in [3.63, 3.8) is 0 Å². The first-order chi connectivity index (χ1) is 52.7. The van der Waals surface area contributed by atoms with Crippen LogP contribution in [0.15, 0.2) is 290 Å². The fraction of sp³-hybridized carbons (Fsp3) is 0.192. The first kappa shape index (κ1) is 69.1. The number of aromatic nitrogens is 1. The van der Waals surface area contributed by atoms with E-state index in [1.807, 2.05) is 11.3 Å². The molecule has 538 valence electrons. The molecule has 2 aliphatic rings. The Morgan fingerprint density at radius 3 is 1.35 bits per heavy atom. The number of furan rings is 1. The van der Waals surface area contributed by atoms with E-state index in [4.69, 9.17) is 4.42 Å². The molecule has 0 amide bonds. The van der Waals surface area contributed by atoms with E-state index >= 15 is 0 Å². The van der Waals surface area contributed by atoms with E-state index in [0.717, 1.165) is 61.5 Å². The zero-order chi connectivity index (χ0) is 75.8. The van der Waals surface area contributed by atoms with Crippen LogP contribution in [-0.2, 0) is 27.1 Å². The molecule has 4 nitrogen and oxygen atoms in total. The number of rotatable bonds is 8. The number of anilines is 6. The Morgan fingerprint density at radius 2 is 0.736 bits per heavy atom. The Kier molecular flexibility index (Phi) is 15.7. The van der Waals surface area contributed by atoms with Gasteiger partial charge in [-0.1, -0.05) is 316 Å². The lowest BCUT2D eigenvalue weighted by Gasteiger charge is -2.45. The summed E-state index contributed by atoms with van der Waals surface area (Å²) in [6.45, 7) is 35.0. The number of hydrogen-bond donors (Lipinski definition) is 0. The van der Waals surface area contributed by atoms with Crippen LogP contribution >= 0.6 is 11.3 Å². The van der Waals surface area contributed by atoms with Crippen LogP contribution in [0.25, 0.3) is 125 Å². The fourth-order valence-corrected chi connectivity index (χ4v) is 18.9. The van der Waals surface area contributed by atoms with Gasteiger partial charge in [-0.2, -0.15) is 0 Å². The summed E-state index contributed by atoms with van der Waals surface area (Å²) >= 11 is 1.92. The van der Waals surface area contributed by atoms with E-state index in [1.165, 1.54) is 142 Å². The maximum absolute atomic E-state index is 7.73. The molecule has 0 atom stereocenters. The molecule has 3 aromatic heterocycles. The predicted octanol–water partition coefficient (Wildman–Crippen LogP) is 28.0. The van der Waals surface area contributed by atoms with Crippen LogP contribution in [0.5, 0.6) is 0 Å². The van der Waals surface area contributed by atoms with Gasteiger partial charge < -0.3 is 18.8 Å². The van der Waals surface area contributed by atoms with E-state index in [2.05, 4.69) is 403 Å². The van der Waals surface area contributed by atoms with E-state index in [1.54, 1.807) is 0 Å². The van der Waals surface area contributed by atoms with Crippen molar-refractivity contribution >= 4 is 132 Å². The summed E-state index contributed by atoms with van der Waals surface area (Å²) in [6.07, 6.45) is 0. The third-order valence-electron chi connectivity index (χ3n) is 23.7. The lowest BCUT2D eigenvalue weighted by molar-refractivity contribution is 0.569. The molecular weight excluding hydrogens is 1350 g/mol. The summed E-state index contributed by atoms with van der Waals surface area (Å²) in [6, 6.07) is 109. The van der Waals surface area contributed by atoms with Gasteiger partial charge in [-0.25, -0.2) is 0 Å². The monoisotopic (exact) mass is 1440 g/mol. The zero-order valence-corrected chi connectivity index (χ0v) is 66.7. The average Bonchev–Trinajstić information content (AvgIpc) is 0.707. The minimum atomic E-state index is -0.294. The molecule has 0 unspecified atom stereocenters. The number of nitrogens with zero attached hydrogens (tertiary/aromatic N) is 3. The highest BCUT2D eigenvalue weighted by molar-refractivity contribution is 7.27. The highest BCUT2D eigenvalue weighted by Crippen LogP contribution is 2.54. The summed E-state index contributed by atoms with van der Waals surface area (Å²) in [5.74, 6) is 0. The van der Waals surface area contributed by atoms with Crippen molar-refractivity contribution in [1.82, 2.24) is 4.57 Å². The summed E-state index contributed by atoms with van der Waals surface area (Å²) in [5.41, 5.74) is 33.4. The Bertz CT molecular complexity index is 6510. The third kappa shape index (κ3) is 11.4. The maximum Gasteiger partial charge on any atom is 0.252 e. The second kappa shape index (κ2) is 25.1. The van der Waals surface area contributed by atoms with Crippen LogP contribution in [0.2, 0.25) is 0 Å². The minimum Gasteiger partial charge on any atom is -0.453 e. The average molecular weight is 1440 g/mol. The van der Waals surface area contributed by atoms with Gasteiger partial charge >= 0.3 is 0 Å². The van der Waals surface area contributed by atoms with Crippen LogP contribution in [0, 0.1) is 0 Å². The molecule has 19 rings (SSSR count). The number of hydrogen-bond acceptors (Lipinski definition) is 4. The summed E-state index contributed by atoms with van der Waals surface area (Å²) < 4.78 is 12.8. The standard InChI is InChI=1S/C104H92BN3OS/c1-100(2,3)71-46-51-87-83(58-71)84-59-72(101(4,5)6)47-52-88(84)106(87)76-48-49-85-92(62-76)108(90-39-25-36-80-79-35-23-33-77(96(79)109-97(80)90)66-43-41-65(42-44-66)63-27-18-16-19-28-63)94-61-75(104(13,14)15)60-93-95(94)105(85)86-56-68(70-54-73(102(7,8)9)57-74(55-70)103(10,11)12)45-50-89(86)107(93)91-40-26-38-82-81-37-24-34-78(98(81)110-99(82)91)69-32-22-31-67(53-69)64-29-20-17-21-30-64/h16-62H,1-15H3. The summed E-state index contributed by atoms with van der Waals surface area (Å²) in [4.78, 5) is 5.30. The van der Waals surface area contributed by atoms with Gasteiger partial charge in [-0.05, 0) is 194 Å². The topological polar surface area (TPSA) is 24.6 Å². The molecule has 14 aromatic carbocycles. The largest absolute Gasteiger partial charge is 0.453 e. The van der Waals surface area contributed by atoms with Gasteiger partial charge in [-0.3, -0.25) is 0 Å². The van der Waals surface area contributed by atoms with Crippen molar-refractivity contribution in [2.24, 2.45) is 0 Å². The van der Waals surface area contributed by atoms with Crippen molar-refractivity contribution in [2.75, 3.05) is 9.80 Å². The van der Waals surface area contributed by atoms with Crippen molar-refractivity contribution in [2.45, 2.75) is 131 Å². The zero-order valence-electron chi connectivity index (χ0n) is 65.9. The maximum atomic E-state index is 7.73. The molecule has 110 heavy (non-hydrogen) atoms. The number of benzene rings is 14. The smallest absolute Gasteiger partial charge is 0.252 e. The van der Waals surface area contributed by atoms with Crippen LogP contribution in [0.3, 0.4) is 0 Å². The van der Waals surface area contributed by atoms with E-state index in [-0.39, 0.29) is 33.8 Å². The quantitative estimate of drug-likeness (QED) is 0.142. The predicted molar refractivity (Wildman–Crippen MR) is 476 cm³/mol. The molecular formula is C104H92BN3OS. The summed E-state index contributed by atoms with van der Waals surface area (Å²) in [7, 11) is 0. The number of thiophene rings is 1. The number of fused-ring (bicyclic) bond motifs is 13. The lowest BCUT2D eigenvalue weighted by atomic mass is 9.33. The van der Waals surface area contributed by atoms with Gasteiger partial charge in [0.05, 0.1) is 27.1 Å². The van der Waals surface area contributed by atoms with Gasteiger partial charge in [0, 0.05) is 71.0 Å². The Balaban J connectivity index is 0.910. The van der Waals surface area contributed by atoms with Crippen LogP contribution in [-0.4, -0.2) is 11.3 Å². The van der Waals surface area contributed by atoms with Crippen molar-refractivity contribution in [3.8, 4) is 61.3 Å². The first-order valence-corrected chi connectivity index (χ1v) is 40.0.